The highest BCUT2D eigenvalue weighted by molar-refractivity contribution is 7.99. The number of ether oxygens (including phenoxy) is 2. The molecule has 4 atom stereocenters. The van der Waals surface area contributed by atoms with Crippen LogP contribution in [0.2, 0.25) is 0 Å². The highest BCUT2D eigenvalue weighted by Crippen LogP contribution is 2.43. The quantitative estimate of drug-likeness (QED) is 0.425. The lowest BCUT2D eigenvalue weighted by molar-refractivity contribution is -0.268. The van der Waals surface area contributed by atoms with Crippen molar-refractivity contribution in [2.24, 2.45) is 5.92 Å². The summed E-state index contributed by atoms with van der Waals surface area (Å²) in [4.78, 5) is 12.4. The highest BCUT2D eigenvalue weighted by Gasteiger charge is 2.38. The molecule has 34 heavy (non-hydrogen) atoms. The van der Waals surface area contributed by atoms with Crippen molar-refractivity contribution in [2.45, 2.75) is 50.4 Å². The van der Waals surface area contributed by atoms with E-state index in [9.17, 15) is 9.90 Å². The first kappa shape index (κ1) is 24.5. The van der Waals surface area contributed by atoms with Gasteiger partial charge in [0.05, 0.1) is 18.8 Å². The van der Waals surface area contributed by atoms with Gasteiger partial charge in [0.1, 0.15) is 0 Å². The lowest BCUT2D eigenvalue weighted by Gasteiger charge is -2.41. The molecule has 0 bridgehead atoms. The smallest absolute Gasteiger partial charge is 0.217 e. The summed E-state index contributed by atoms with van der Waals surface area (Å²) in [7, 11) is 0. The lowest BCUT2D eigenvalue weighted by Crippen LogP contribution is -2.38. The minimum Gasteiger partial charge on any atom is -0.392 e. The summed E-state index contributed by atoms with van der Waals surface area (Å²) in [6.45, 7) is 4.21. The second-order valence-electron chi connectivity index (χ2n) is 8.60. The standard InChI is InChI=1S/C28H31NO4S/c1-19-26(18-34-25-6-4-3-5-7-25)32-28(24-14-8-21(9-15-24)16-29-20(2)31)33-27(19)23-12-10-22(17-30)11-13-23/h3-15,19,26-28,30H,16-18H2,1-2H3,(H,29,31). The lowest BCUT2D eigenvalue weighted by atomic mass is 9.91. The zero-order valence-corrected chi connectivity index (χ0v) is 20.3. The normalized spacial score (nSPS) is 22.3. The van der Waals surface area contributed by atoms with Crippen LogP contribution >= 0.6 is 11.8 Å². The number of carbonyl (C=O) groups excluding carboxylic acids is 1. The molecule has 3 aromatic rings. The molecule has 0 aromatic heterocycles. The van der Waals surface area contributed by atoms with Crippen LogP contribution in [0.25, 0.3) is 0 Å². The third kappa shape index (κ3) is 6.27. The fourth-order valence-corrected chi connectivity index (χ4v) is 5.11. The minimum atomic E-state index is -0.491. The van der Waals surface area contributed by atoms with Crippen LogP contribution in [0.1, 0.15) is 48.5 Å². The number of nitrogens with one attached hydrogen (secondary N) is 1. The Morgan fingerprint density at radius 1 is 0.912 bits per heavy atom. The summed E-state index contributed by atoms with van der Waals surface area (Å²) < 4.78 is 13.0. The zero-order chi connectivity index (χ0) is 23.9. The molecule has 0 radical (unpaired) electrons. The van der Waals surface area contributed by atoms with Gasteiger partial charge in [0.2, 0.25) is 5.91 Å². The second-order valence-corrected chi connectivity index (χ2v) is 9.69. The molecule has 4 unspecified atom stereocenters. The average molecular weight is 478 g/mol. The maximum Gasteiger partial charge on any atom is 0.217 e. The fourth-order valence-electron chi connectivity index (χ4n) is 4.02. The number of rotatable bonds is 8. The van der Waals surface area contributed by atoms with Gasteiger partial charge in [0.25, 0.3) is 0 Å². The van der Waals surface area contributed by atoms with Crippen molar-refractivity contribution in [3.63, 3.8) is 0 Å². The van der Waals surface area contributed by atoms with Crippen molar-refractivity contribution < 1.29 is 19.4 Å². The van der Waals surface area contributed by atoms with Crippen molar-refractivity contribution in [1.82, 2.24) is 5.32 Å². The van der Waals surface area contributed by atoms with Crippen LogP contribution in [0.15, 0.2) is 83.8 Å². The summed E-state index contributed by atoms with van der Waals surface area (Å²) in [6.07, 6.45) is -0.632. The van der Waals surface area contributed by atoms with Crippen LogP contribution in [0.4, 0.5) is 0 Å². The molecule has 178 valence electrons. The Morgan fingerprint density at radius 3 is 2.21 bits per heavy atom. The number of carbonyl (C=O) groups is 1. The molecule has 4 rings (SSSR count). The molecule has 0 saturated carbocycles. The SMILES string of the molecule is CC(=O)NCc1ccc(C2OC(CSc3ccccc3)C(C)C(c3ccc(CO)cc3)O2)cc1. The molecule has 0 spiro atoms. The summed E-state index contributed by atoms with van der Waals surface area (Å²) in [5.74, 6) is 0.911. The average Bonchev–Trinajstić information content (AvgIpc) is 2.88. The van der Waals surface area contributed by atoms with Gasteiger partial charge in [-0.2, -0.15) is 0 Å². The van der Waals surface area contributed by atoms with Gasteiger partial charge in [-0.15, -0.1) is 11.8 Å². The van der Waals surface area contributed by atoms with Gasteiger partial charge >= 0.3 is 0 Å². The van der Waals surface area contributed by atoms with Crippen molar-refractivity contribution in [2.75, 3.05) is 5.75 Å². The van der Waals surface area contributed by atoms with Crippen LogP contribution in [0.3, 0.4) is 0 Å². The third-order valence-electron chi connectivity index (χ3n) is 6.07. The molecule has 1 fully saturated rings. The van der Waals surface area contributed by atoms with E-state index in [1.54, 1.807) is 11.8 Å². The van der Waals surface area contributed by atoms with Crippen LogP contribution < -0.4 is 5.32 Å². The summed E-state index contributed by atoms with van der Waals surface area (Å²) >= 11 is 1.79. The highest BCUT2D eigenvalue weighted by atomic mass is 32.2. The Labute approximate surface area is 205 Å². The Morgan fingerprint density at radius 2 is 1.56 bits per heavy atom. The zero-order valence-electron chi connectivity index (χ0n) is 19.5. The molecule has 0 aliphatic carbocycles. The molecule has 1 saturated heterocycles. The van der Waals surface area contributed by atoms with Gasteiger partial charge in [0.15, 0.2) is 6.29 Å². The number of aliphatic hydroxyl groups excluding tert-OH is 1. The van der Waals surface area contributed by atoms with E-state index in [-0.39, 0.29) is 30.6 Å². The maximum atomic E-state index is 11.2. The van der Waals surface area contributed by atoms with Gasteiger partial charge in [-0.3, -0.25) is 4.79 Å². The number of amides is 1. The molecule has 1 aliphatic rings. The van der Waals surface area contributed by atoms with Crippen molar-refractivity contribution in [3.8, 4) is 0 Å². The molecule has 3 aromatic carbocycles. The molecular formula is C28H31NO4S. The third-order valence-corrected chi connectivity index (χ3v) is 7.17. The first-order valence-corrected chi connectivity index (χ1v) is 12.5. The molecule has 1 amide bonds. The first-order chi connectivity index (χ1) is 16.5. The van der Waals surface area contributed by atoms with E-state index in [1.807, 2.05) is 66.7 Å². The van der Waals surface area contributed by atoms with Gasteiger partial charge in [-0.05, 0) is 28.8 Å². The van der Waals surface area contributed by atoms with Crippen LogP contribution in [0.5, 0.6) is 0 Å². The number of thioether (sulfide) groups is 1. The topological polar surface area (TPSA) is 67.8 Å². The van der Waals surface area contributed by atoms with Gasteiger partial charge in [-0.1, -0.05) is 73.7 Å². The van der Waals surface area contributed by atoms with E-state index in [1.165, 1.54) is 11.8 Å². The number of hydrogen-bond donors (Lipinski definition) is 2. The van der Waals surface area contributed by atoms with E-state index in [2.05, 4.69) is 24.4 Å². The fraction of sp³-hybridized carbons (Fsp3) is 0.321. The van der Waals surface area contributed by atoms with E-state index in [0.717, 1.165) is 28.0 Å². The van der Waals surface area contributed by atoms with E-state index >= 15 is 0 Å². The number of aliphatic hydroxyl groups is 1. The van der Waals surface area contributed by atoms with E-state index in [4.69, 9.17) is 9.47 Å². The Bertz CT molecular complexity index is 1060. The predicted molar refractivity (Wildman–Crippen MR) is 134 cm³/mol. The summed E-state index contributed by atoms with van der Waals surface area (Å²) in [6, 6.07) is 26.3. The van der Waals surface area contributed by atoms with Crippen LogP contribution in [-0.2, 0) is 27.4 Å². The van der Waals surface area contributed by atoms with E-state index < -0.39 is 6.29 Å². The van der Waals surface area contributed by atoms with Crippen LogP contribution in [-0.4, -0.2) is 22.9 Å². The molecule has 1 aliphatic heterocycles. The maximum absolute atomic E-state index is 11.2. The van der Waals surface area contributed by atoms with Gasteiger partial charge in [0, 0.05) is 35.6 Å². The number of benzene rings is 3. The minimum absolute atomic E-state index is 0.00877. The Balaban J connectivity index is 1.54. The molecule has 5 nitrogen and oxygen atoms in total. The monoisotopic (exact) mass is 477 g/mol. The number of hydrogen-bond acceptors (Lipinski definition) is 5. The molecule has 2 N–H and O–H groups in total. The molecule has 6 heteroatoms. The largest absolute Gasteiger partial charge is 0.392 e. The second kappa shape index (κ2) is 11.7. The van der Waals surface area contributed by atoms with Crippen LogP contribution in [0, 0.1) is 5.92 Å². The Hall–Kier alpha value is -2.64. The predicted octanol–water partition coefficient (Wildman–Crippen LogP) is 5.40. The summed E-state index contributed by atoms with van der Waals surface area (Å²) in [5, 5.41) is 12.2. The first-order valence-electron chi connectivity index (χ1n) is 11.5. The van der Waals surface area contributed by atoms with Crippen molar-refractivity contribution in [1.29, 1.82) is 0 Å². The van der Waals surface area contributed by atoms with Crippen molar-refractivity contribution >= 4 is 17.7 Å². The van der Waals surface area contributed by atoms with Crippen molar-refractivity contribution in [3.05, 3.63) is 101 Å². The van der Waals surface area contributed by atoms with Gasteiger partial charge < -0.3 is 19.9 Å². The summed E-state index contributed by atoms with van der Waals surface area (Å²) in [5.41, 5.74) is 3.93. The van der Waals surface area contributed by atoms with E-state index in [0.29, 0.717) is 6.54 Å². The molecular weight excluding hydrogens is 446 g/mol. The molecule has 1 heterocycles. The van der Waals surface area contributed by atoms with Gasteiger partial charge in [-0.25, -0.2) is 0 Å². The Kier molecular flexibility index (Phi) is 8.40.